The van der Waals surface area contributed by atoms with Crippen molar-refractivity contribution in [1.82, 2.24) is 4.98 Å². The summed E-state index contributed by atoms with van der Waals surface area (Å²) in [6, 6.07) is 10.8. The van der Waals surface area contributed by atoms with Gasteiger partial charge in [0.25, 0.3) is 5.56 Å². The molecule has 0 saturated carbocycles. The molecule has 0 amide bonds. The van der Waals surface area contributed by atoms with Gasteiger partial charge in [-0.2, -0.15) is 0 Å². The van der Waals surface area contributed by atoms with E-state index in [0.29, 0.717) is 11.3 Å². The fourth-order valence-corrected chi connectivity index (χ4v) is 1.31. The zero-order valence-electron chi connectivity index (χ0n) is 7.53. The maximum atomic E-state index is 11.4. The van der Waals surface area contributed by atoms with Gasteiger partial charge in [-0.05, 0) is 29.8 Å². The van der Waals surface area contributed by atoms with Gasteiger partial charge in [0.15, 0.2) is 0 Å². The molecule has 0 aliphatic rings. The zero-order chi connectivity index (χ0) is 9.97. The van der Waals surface area contributed by atoms with E-state index < -0.39 is 0 Å². The molecule has 0 aliphatic carbocycles. The van der Waals surface area contributed by atoms with Crippen LogP contribution in [0.4, 0.5) is 5.69 Å². The van der Waals surface area contributed by atoms with Crippen LogP contribution in [-0.4, -0.2) is 4.98 Å². The Morgan fingerprint density at radius 1 is 1.07 bits per heavy atom. The van der Waals surface area contributed by atoms with Crippen LogP contribution in [0.15, 0.2) is 47.4 Å². The third kappa shape index (κ3) is 1.52. The van der Waals surface area contributed by atoms with Gasteiger partial charge in [-0.1, -0.05) is 12.1 Å². The molecule has 2 rings (SSSR count). The van der Waals surface area contributed by atoms with Crippen molar-refractivity contribution in [3.05, 3.63) is 52.9 Å². The van der Waals surface area contributed by atoms with Crippen LogP contribution < -0.4 is 11.3 Å². The first-order valence-corrected chi connectivity index (χ1v) is 4.31. The Morgan fingerprint density at radius 2 is 1.79 bits per heavy atom. The van der Waals surface area contributed by atoms with Crippen molar-refractivity contribution in [2.45, 2.75) is 0 Å². The number of pyridine rings is 1. The van der Waals surface area contributed by atoms with Gasteiger partial charge in [0.1, 0.15) is 0 Å². The molecule has 2 aromatic rings. The lowest BCUT2D eigenvalue weighted by Gasteiger charge is -1.99. The molecule has 0 saturated heterocycles. The van der Waals surface area contributed by atoms with Crippen LogP contribution in [0.5, 0.6) is 0 Å². The summed E-state index contributed by atoms with van der Waals surface area (Å²) in [5, 5.41) is 0. The van der Waals surface area contributed by atoms with Crippen LogP contribution in [0, 0.1) is 0 Å². The van der Waals surface area contributed by atoms with Gasteiger partial charge in [0.05, 0.1) is 0 Å². The minimum absolute atomic E-state index is 0.0859. The summed E-state index contributed by atoms with van der Waals surface area (Å²) in [6.07, 6.45) is 1.61. The van der Waals surface area contributed by atoms with Crippen LogP contribution in [0.3, 0.4) is 0 Å². The number of hydrogen-bond acceptors (Lipinski definition) is 2. The highest BCUT2D eigenvalue weighted by Crippen LogP contribution is 2.15. The molecule has 14 heavy (non-hydrogen) atoms. The van der Waals surface area contributed by atoms with Crippen LogP contribution in [0.1, 0.15) is 0 Å². The molecule has 3 nitrogen and oxygen atoms in total. The summed E-state index contributed by atoms with van der Waals surface area (Å²) in [4.78, 5) is 14.0. The van der Waals surface area contributed by atoms with E-state index in [1.165, 1.54) is 0 Å². The van der Waals surface area contributed by atoms with E-state index in [0.717, 1.165) is 5.56 Å². The fraction of sp³-hybridized carbons (Fsp3) is 0. The normalized spacial score (nSPS) is 10.0. The molecule has 0 radical (unpaired) electrons. The average Bonchev–Trinajstić information content (AvgIpc) is 2.20. The van der Waals surface area contributed by atoms with Crippen molar-refractivity contribution in [2.24, 2.45) is 0 Å². The molecule has 0 bridgehead atoms. The maximum Gasteiger partial charge on any atom is 0.255 e. The number of nitrogens with one attached hydrogen (secondary N) is 1. The van der Waals surface area contributed by atoms with E-state index in [4.69, 9.17) is 5.73 Å². The average molecular weight is 186 g/mol. The third-order valence-electron chi connectivity index (χ3n) is 2.04. The van der Waals surface area contributed by atoms with Crippen LogP contribution >= 0.6 is 0 Å². The Morgan fingerprint density at radius 3 is 2.43 bits per heavy atom. The van der Waals surface area contributed by atoms with Crippen LogP contribution in [0.2, 0.25) is 0 Å². The Bertz CT molecular complexity index is 485. The summed E-state index contributed by atoms with van der Waals surface area (Å²) >= 11 is 0. The molecule has 0 atom stereocenters. The van der Waals surface area contributed by atoms with Gasteiger partial charge >= 0.3 is 0 Å². The minimum Gasteiger partial charge on any atom is -0.399 e. The highest BCUT2D eigenvalue weighted by molar-refractivity contribution is 5.64. The molecule has 0 fully saturated rings. The number of aromatic nitrogens is 1. The lowest BCUT2D eigenvalue weighted by Crippen LogP contribution is -2.06. The molecule has 1 aromatic carbocycles. The van der Waals surface area contributed by atoms with E-state index >= 15 is 0 Å². The highest BCUT2D eigenvalue weighted by atomic mass is 16.1. The standard InChI is InChI=1S/C11H10N2O/c12-9-5-3-8(4-6-9)10-2-1-7-13-11(10)14/h1-7H,12H2,(H,13,14). The minimum atomic E-state index is -0.0859. The number of H-pyrrole nitrogens is 1. The van der Waals surface area contributed by atoms with Crippen LogP contribution in [0.25, 0.3) is 11.1 Å². The number of benzene rings is 1. The van der Waals surface area contributed by atoms with Crippen molar-refractivity contribution in [3.63, 3.8) is 0 Å². The highest BCUT2D eigenvalue weighted by Gasteiger charge is 2.00. The quantitative estimate of drug-likeness (QED) is 0.665. The van der Waals surface area contributed by atoms with Gasteiger partial charge in [-0.25, -0.2) is 0 Å². The molecular weight excluding hydrogens is 176 g/mol. The first kappa shape index (κ1) is 8.56. The second-order valence-electron chi connectivity index (χ2n) is 3.03. The lowest BCUT2D eigenvalue weighted by molar-refractivity contribution is 1.24. The van der Waals surface area contributed by atoms with Crippen molar-refractivity contribution in [1.29, 1.82) is 0 Å². The molecule has 0 aliphatic heterocycles. The van der Waals surface area contributed by atoms with E-state index in [1.807, 2.05) is 12.1 Å². The van der Waals surface area contributed by atoms with E-state index in [1.54, 1.807) is 30.5 Å². The molecule has 1 heterocycles. The smallest absolute Gasteiger partial charge is 0.255 e. The van der Waals surface area contributed by atoms with Gasteiger partial charge in [0, 0.05) is 17.4 Å². The predicted molar refractivity (Wildman–Crippen MR) is 56.9 cm³/mol. The molecule has 3 heteroatoms. The first-order chi connectivity index (χ1) is 6.77. The summed E-state index contributed by atoms with van der Waals surface area (Å²) in [7, 11) is 0. The topological polar surface area (TPSA) is 58.9 Å². The zero-order valence-corrected chi connectivity index (χ0v) is 7.53. The summed E-state index contributed by atoms with van der Waals surface area (Å²) in [6.45, 7) is 0. The van der Waals surface area contributed by atoms with Gasteiger partial charge < -0.3 is 10.7 Å². The maximum absolute atomic E-state index is 11.4. The number of hydrogen-bond donors (Lipinski definition) is 2. The molecule has 0 spiro atoms. The van der Waals surface area contributed by atoms with Gasteiger partial charge in [-0.15, -0.1) is 0 Å². The fourth-order valence-electron chi connectivity index (χ4n) is 1.31. The summed E-state index contributed by atoms with van der Waals surface area (Å²) in [5.74, 6) is 0. The molecule has 70 valence electrons. The third-order valence-corrected chi connectivity index (χ3v) is 2.04. The van der Waals surface area contributed by atoms with E-state index in [9.17, 15) is 4.79 Å². The molecule has 0 unspecified atom stereocenters. The van der Waals surface area contributed by atoms with Gasteiger partial charge in [-0.3, -0.25) is 4.79 Å². The number of nitrogens with two attached hydrogens (primary N) is 1. The first-order valence-electron chi connectivity index (χ1n) is 4.31. The number of rotatable bonds is 1. The second-order valence-corrected chi connectivity index (χ2v) is 3.03. The van der Waals surface area contributed by atoms with Crippen molar-refractivity contribution in [2.75, 3.05) is 5.73 Å². The van der Waals surface area contributed by atoms with E-state index in [-0.39, 0.29) is 5.56 Å². The molecular formula is C11H10N2O. The Kier molecular flexibility index (Phi) is 2.07. The number of anilines is 1. The Balaban J connectivity index is 2.56. The van der Waals surface area contributed by atoms with Crippen LogP contribution in [-0.2, 0) is 0 Å². The Labute approximate surface area is 81.2 Å². The molecule has 3 N–H and O–H groups in total. The number of aromatic amines is 1. The lowest BCUT2D eigenvalue weighted by atomic mass is 10.1. The van der Waals surface area contributed by atoms with Crippen molar-refractivity contribution < 1.29 is 0 Å². The number of nitrogen functional groups attached to an aromatic ring is 1. The second kappa shape index (κ2) is 3.38. The van der Waals surface area contributed by atoms with Crippen molar-refractivity contribution in [3.8, 4) is 11.1 Å². The van der Waals surface area contributed by atoms with E-state index in [2.05, 4.69) is 4.98 Å². The van der Waals surface area contributed by atoms with Crippen molar-refractivity contribution >= 4 is 5.69 Å². The Hall–Kier alpha value is -2.03. The summed E-state index contributed by atoms with van der Waals surface area (Å²) < 4.78 is 0. The summed E-state index contributed by atoms with van der Waals surface area (Å²) in [5.41, 5.74) is 7.70. The largest absolute Gasteiger partial charge is 0.399 e. The SMILES string of the molecule is Nc1ccc(-c2ccc[nH]c2=O)cc1. The molecule has 1 aromatic heterocycles. The van der Waals surface area contributed by atoms with Gasteiger partial charge in [0.2, 0.25) is 0 Å². The monoisotopic (exact) mass is 186 g/mol. The predicted octanol–water partition coefficient (Wildman–Crippen LogP) is 1.62.